The summed E-state index contributed by atoms with van der Waals surface area (Å²) in [6.45, 7) is 6.18. The van der Waals surface area contributed by atoms with Crippen molar-refractivity contribution < 1.29 is 4.79 Å². The van der Waals surface area contributed by atoms with Crippen LogP contribution in [0.3, 0.4) is 0 Å². The molecule has 1 atom stereocenters. The summed E-state index contributed by atoms with van der Waals surface area (Å²) in [6, 6.07) is 15.1. The summed E-state index contributed by atoms with van der Waals surface area (Å²) < 4.78 is 0. The van der Waals surface area contributed by atoms with Crippen LogP contribution in [0.4, 0.5) is 0 Å². The van der Waals surface area contributed by atoms with Gasteiger partial charge in [-0.25, -0.2) is 0 Å². The third kappa shape index (κ3) is 3.62. The molecule has 23 heavy (non-hydrogen) atoms. The van der Waals surface area contributed by atoms with E-state index in [0.29, 0.717) is 19.0 Å². The minimum absolute atomic E-state index is 0.284. The molecule has 0 radical (unpaired) electrons. The minimum atomic E-state index is 0.284. The van der Waals surface area contributed by atoms with E-state index in [9.17, 15) is 4.79 Å². The molecule has 0 aliphatic carbocycles. The second-order valence-corrected chi connectivity index (χ2v) is 6.13. The van der Waals surface area contributed by atoms with Crippen LogP contribution >= 0.6 is 0 Å². The molecule has 3 nitrogen and oxygen atoms in total. The Hall–Kier alpha value is -2.13. The number of hydrogen-bond donors (Lipinski definition) is 1. The predicted octanol–water partition coefficient (Wildman–Crippen LogP) is 3.50. The maximum Gasteiger partial charge on any atom is 0.223 e. The van der Waals surface area contributed by atoms with Crippen molar-refractivity contribution in [3.63, 3.8) is 0 Å². The second-order valence-electron chi connectivity index (χ2n) is 6.13. The molecule has 1 fully saturated rings. The average molecular weight is 308 g/mol. The molecule has 3 heteroatoms. The van der Waals surface area contributed by atoms with E-state index in [1.807, 2.05) is 6.08 Å². The van der Waals surface area contributed by atoms with E-state index in [1.54, 1.807) is 0 Å². The number of carbonyl (C=O) groups excluding carboxylic acids is 1. The first-order valence-electron chi connectivity index (χ1n) is 8.37. The maximum atomic E-state index is 12.3. The Bertz CT molecular complexity index is 690. The summed E-state index contributed by atoms with van der Waals surface area (Å²) in [7, 11) is 0. The molecule has 1 amide bonds. The Morgan fingerprint density at radius 1 is 1.22 bits per heavy atom. The Morgan fingerprint density at radius 2 is 2.04 bits per heavy atom. The summed E-state index contributed by atoms with van der Waals surface area (Å²) in [5, 5.41) is 5.82. The van der Waals surface area contributed by atoms with Crippen molar-refractivity contribution >= 4 is 16.7 Å². The van der Waals surface area contributed by atoms with Gasteiger partial charge in [0.25, 0.3) is 0 Å². The molecule has 1 N–H and O–H groups in total. The van der Waals surface area contributed by atoms with E-state index in [2.05, 4.69) is 59.3 Å². The number of amides is 1. The van der Waals surface area contributed by atoms with Crippen LogP contribution in [0.25, 0.3) is 10.8 Å². The summed E-state index contributed by atoms with van der Waals surface area (Å²) in [6.07, 6.45) is 4.52. The lowest BCUT2D eigenvalue weighted by molar-refractivity contribution is -0.129. The molecule has 1 saturated heterocycles. The van der Waals surface area contributed by atoms with Gasteiger partial charge in [-0.05, 0) is 35.7 Å². The molecule has 1 aliphatic heterocycles. The molecular formula is C20H24N2O. The van der Waals surface area contributed by atoms with Gasteiger partial charge < -0.3 is 10.2 Å². The van der Waals surface area contributed by atoms with Gasteiger partial charge in [-0.3, -0.25) is 4.79 Å². The van der Waals surface area contributed by atoms with Gasteiger partial charge >= 0.3 is 0 Å². The number of likely N-dealkylation sites (tertiary alicyclic amines) is 1. The van der Waals surface area contributed by atoms with Crippen LogP contribution in [-0.2, 0) is 11.3 Å². The number of nitrogens with zero attached hydrogens (tertiary/aromatic N) is 1. The van der Waals surface area contributed by atoms with Crippen molar-refractivity contribution in [2.24, 2.45) is 0 Å². The van der Waals surface area contributed by atoms with Crippen LogP contribution < -0.4 is 5.32 Å². The largest absolute Gasteiger partial charge is 0.335 e. The molecule has 0 aromatic heterocycles. The highest BCUT2D eigenvalue weighted by atomic mass is 16.2. The molecule has 1 heterocycles. The van der Waals surface area contributed by atoms with Crippen molar-refractivity contribution in [2.75, 3.05) is 13.1 Å². The van der Waals surface area contributed by atoms with Gasteiger partial charge in [-0.2, -0.15) is 0 Å². The first-order valence-corrected chi connectivity index (χ1v) is 8.37. The zero-order valence-corrected chi connectivity index (χ0v) is 13.5. The highest BCUT2D eigenvalue weighted by Gasteiger charge is 2.30. The van der Waals surface area contributed by atoms with Gasteiger partial charge in [0.1, 0.15) is 0 Å². The number of benzene rings is 2. The molecular weight excluding hydrogens is 284 g/mol. The Kier molecular flexibility index (Phi) is 5.09. The quantitative estimate of drug-likeness (QED) is 0.627. The van der Waals surface area contributed by atoms with E-state index in [0.717, 1.165) is 25.9 Å². The molecule has 3 rings (SSSR count). The zero-order valence-electron chi connectivity index (χ0n) is 13.5. The van der Waals surface area contributed by atoms with Gasteiger partial charge in [0.2, 0.25) is 5.91 Å². The van der Waals surface area contributed by atoms with Crippen LogP contribution in [0, 0.1) is 0 Å². The molecule has 0 spiro atoms. The van der Waals surface area contributed by atoms with E-state index in [-0.39, 0.29) is 5.91 Å². The number of fused-ring (bicyclic) bond motifs is 1. The SMILES string of the molecule is C=CCNCC[C@@H]1CCC(=O)N1Cc1cccc2ccccc12. The fraction of sp³-hybridized carbons (Fsp3) is 0.350. The van der Waals surface area contributed by atoms with Crippen LogP contribution in [0.2, 0.25) is 0 Å². The third-order valence-corrected chi connectivity index (χ3v) is 4.62. The van der Waals surface area contributed by atoms with E-state index in [1.165, 1.54) is 16.3 Å². The van der Waals surface area contributed by atoms with Crippen molar-refractivity contribution in [2.45, 2.75) is 31.8 Å². The molecule has 0 unspecified atom stereocenters. The van der Waals surface area contributed by atoms with Crippen molar-refractivity contribution in [3.8, 4) is 0 Å². The Labute approximate surface area is 138 Å². The van der Waals surface area contributed by atoms with Crippen LogP contribution in [0.15, 0.2) is 55.1 Å². The lowest BCUT2D eigenvalue weighted by Gasteiger charge is -2.25. The summed E-state index contributed by atoms with van der Waals surface area (Å²) in [4.78, 5) is 14.4. The molecule has 1 aliphatic rings. The number of rotatable bonds is 7. The first kappa shape index (κ1) is 15.8. The monoisotopic (exact) mass is 308 g/mol. The number of hydrogen-bond acceptors (Lipinski definition) is 2. The smallest absolute Gasteiger partial charge is 0.223 e. The van der Waals surface area contributed by atoms with Crippen LogP contribution in [-0.4, -0.2) is 29.9 Å². The van der Waals surface area contributed by atoms with Gasteiger partial charge in [0, 0.05) is 25.6 Å². The van der Waals surface area contributed by atoms with E-state index < -0.39 is 0 Å². The van der Waals surface area contributed by atoms with Gasteiger partial charge in [-0.15, -0.1) is 6.58 Å². The van der Waals surface area contributed by atoms with Crippen LogP contribution in [0.5, 0.6) is 0 Å². The summed E-state index contributed by atoms with van der Waals surface area (Å²) in [5.41, 5.74) is 1.24. The average Bonchev–Trinajstić information content (AvgIpc) is 2.92. The van der Waals surface area contributed by atoms with Crippen molar-refractivity contribution in [1.29, 1.82) is 0 Å². The first-order chi connectivity index (χ1) is 11.3. The van der Waals surface area contributed by atoms with Gasteiger partial charge in [0.05, 0.1) is 0 Å². The van der Waals surface area contributed by atoms with Crippen molar-refractivity contribution in [3.05, 3.63) is 60.7 Å². The standard InChI is InChI=1S/C20H24N2O/c1-2-13-21-14-12-18-10-11-20(23)22(18)15-17-8-5-7-16-6-3-4-9-19(16)17/h2-9,18,21H,1,10-15H2/t18-/m0/s1. The molecule has 120 valence electrons. The number of carbonyl (C=O) groups is 1. The van der Waals surface area contributed by atoms with Crippen LogP contribution in [0.1, 0.15) is 24.8 Å². The zero-order chi connectivity index (χ0) is 16.1. The predicted molar refractivity (Wildman–Crippen MR) is 95.2 cm³/mol. The molecule has 0 saturated carbocycles. The normalized spacial score (nSPS) is 17.8. The summed E-state index contributed by atoms with van der Waals surface area (Å²) in [5.74, 6) is 0.284. The summed E-state index contributed by atoms with van der Waals surface area (Å²) >= 11 is 0. The van der Waals surface area contributed by atoms with Crippen molar-refractivity contribution in [1.82, 2.24) is 10.2 Å². The molecule has 2 aromatic carbocycles. The van der Waals surface area contributed by atoms with Gasteiger partial charge in [-0.1, -0.05) is 48.5 Å². The topological polar surface area (TPSA) is 32.3 Å². The second kappa shape index (κ2) is 7.42. The van der Waals surface area contributed by atoms with E-state index >= 15 is 0 Å². The fourth-order valence-electron chi connectivity index (χ4n) is 3.40. The fourth-order valence-corrected chi connectivity index (χ4v) is 3.40. The highest BCUT2D eigenvalue weighted by Crippen LogP contribution is 2.26. The lowest BCUT2D eigenvalue weighted by Crippen LogP contribution is -2.34. The van der Waals surface area contributed by atoms with E-state index in [4.69, 9.17) is 0 Å². The Balaban J connectivity index is 1.73. The Morgan fingerprint density at radius 3 is 2.91 bits per heavy atom. The molecule has 2 aromatic rings. The maximum absolute atomic E-state index is 12.3. The number of nitrogens with one attached hydrogen (secondary N) is 1. The lowest BCUT2D eigenvalue weighted by atomic mass is 10.0. The highest BCUT2D eigenvalue weighted by molar-refractivity contribution is 5.86. The van der Waals surface area contributed by atoms with Gasteiger partial charge in [0.15, 0.2) is 0 Å². The molecule has 0 bridgehead atoms. The third-order valence-electron chi connectivity index (χ3n) is 4.62. The minimum Gasteiger partial charge on any atom is -0.335 e.